The molecule has 21 heavy (non-hydrogen) atoms. The molecular weight excluding hydrogens is 266 g/mol. The number of likely N-dealkylation sites (tertiary alicyclic amines) is 1. The Kier molecular flexibility index (Phi) is 3.79. The monoisotopic (exact) mass is 295 g/mol. The maximum absolute atomic E-state index is 12.7. The summed E-state index contributed by atoms with van der Waals surface area (Å²) < 4.78 is 5.75. The van der Waals surface area contributed by atoms with Gasteiger partial charge in [-0.25, -0.2) is 0 Å². The van der Waals surface area contributed by atoms with Crippen LogP contribution in [0.4, 0.5) is 0 Å². The molecule has 0 radical (unpaired) electrons. The molecule has 3 N–H and O–H groups in total. The Morgan fingerprint density at radius 1 is 1.33 bits per heavy atom. The number of hydrogen-bond donors (Lipinski definition) is 2. The van der Waals surface area contributed by atoms with Crippen LogP contribution in [0.15, 0.2) is 0 Å². The number of carbonyl (C=O) groups is 1. The van der Waals surface area contributed by atoms with Crippen LogP contribution in [-0.2, 0) is 9.53 Å². The standard InChI is InChI=1S/C16H29N3O2/c1-15(2)13-12(6-9-21-13)16(15,17)14(20)18-10-11-4-7-19(3)8-5-11/h11-13H,4-10,17H2,1-3H3,(H,18,20). The molecule has 0 aromatic heterocycles. The molecule has 0 aromatic rings. The number of rotatable bonds is 3. The summed E-state index contributed by atoms with van der Waals surface area (Å²) in [6.45, 7) is 7.87. The topological polar surface area (TPSA) is 67.6 Å². The van der Waals surface area contributed by atoms with Gasteiger partial charge in [0.15, 0.2) is 0 Å². The van der Waals surface area contributed by atoms with E-state index in [0.29, 0.717) is 5.92 Å². The van der Waals surface area contributed by atoms with Crippen LogP contribution in [0.1, 0.15) is 33.1 Å². The van der Waals surface area contributed by atoms with Gasteiger partial charge in [0, 0.05) is 24.5 Å². The summed E-state index contributed by atoms with van der Waals surface area (Å²) in [4.78, 5) is 15.1. The van der Waals surface area contributed by atoms with Crippen LogP contribution in [0.25, 0.3) is 0 Å². The smallest absolute Gasteiger partial charge is 0.241 e. The van der Waals surface area contributed by atoms with Gasteiger partial charge in [0.1, 0.15) is 5.54 Å². The molecule has 5 nitrogen and oxygen atoms in total. The molecule has 2 aliphatic heterocycles. The summed E-state index contributed by atoms with van der Waals surface area (Å²) >= 11 is 0. The molecule has 0 aromatic carbocycles. The minimum absolute atomic E-state index is 0.0261. The third-order valence-electron chi connectivity index (χ3n) is 6.22. The van der Waals surface area contributed by atoms with Crippen molar-refractivity contribution in [3.8, 4) is 0 Å². The SMILES string of the molecule is CN1CCC(CNC(=O)C2(N)C3CCOC3C2(C)C)CC1. The summed E-state index contributed by atoms with van der Waals surface area (Å²) in [7, 11) is 2.15. The van der Waals surface area contributed by atoms with Crippen molar-refractivity contribution in [1.82, 2.24) is 10.2 Å². The van der Waals surface area contributed by atoms with Gasteiger partial charge in [0.2, 0.25) is 5.91 Å². The average molecular weight is 295 g/mol. The highest BCUT2D eigenvalue weighted by Gasteiger charge is 2.71. The third-order valence-corrected chi connectivity index (χ3v) is 6.22. The molecule has 2 heterocycles. The average Bonchev–Trinajstić information content (AvgIpc) is 2.93. The first kappa shape index (κ1) is 15.3. The van der Waals surface area contributed by atoms with Crippen molar-refractivity contribution in [3.63, 3.8) is 0 Å². The van der Waals surface area contributed by atoms with Crippen molar-refractivity contribution in [1.29, 1.82) is 0 Å². The maximum atomic E-state index is 12.7. The van der Waals surface area contributed by atoms with E-state index in [1.54, 1.807) is 0 Å². The molecule has 0 spiro atoms. The minimum Gasteiger partial charge on any atom is -0.377 e. The van der Waals surface area contributed by atoms with Crippen LogP contribution < -0.4 is 11.1 Å². The van der Waals surface area contributed by atoms with Gasteiger partial charge < -0.3 is 20.7 Å². The lowest BCUT2D eigenvalue weighted by Crippen LogP contribution is -2.80. The molecule has 3 fully saturated rings. The number of piperidine rings is 1. The predicted molar refractivity (Wildman–Crippen MR) is 81.8 cm³/mol. The fourth-order valence-electron chi connectivity index (χ4n) is 4.49. The molecule has 5 heteroatoms. The van der Waals surface area contributed by atoms with Crippen LogP contribution in [0, 0.1) is 17.3 Å². The fourth-order valence-corrected chi connectivity index (χ4v) is 4.49. The van der Waals surface area contributed by atoms with Crippen LogP contribution >= 0.6 is 0 Å². The summed E-state index contributed by atoms with van der Waals surface area (Å²) in [5.41, 5.74) is 5.51. The Bertz CT molecular complexity index is 418. The second-order valence-electron chi connectivity index (χ2n) is 7.73. The third kappa shape index (κ3) is 2.21. The summed E-state index contributed by atoms with van der Waals surface area (Å²) in [6.07, 6.45) is 3.38. The number of carbonyl (C=O) groups excluding carboxylic acids is 1. The van der Waals surface area contributed by atoms with E-state index >= 15 is 0 Å². The molecule has 0 bridgehead atoms. The molecule has 1 aliphatic carbocycles. The summed E-state index contributed by atoms with van der Waals surface area (Å²) in [5, 5.41) is 3.14. The van der Waals surface area contributed by atoms with E-state index in [1.807, 2.05) is 0 Å². The maximum Gasteiger partial charge on any atom is 0.241 e. The van der Waals surface area contributed by atoms with Crippen molar-refractivity contribution in [2.75, 3.05) is 33.3 Å². The van der Waals surface area contributed by atoms with Crippen LogP contribution in [0.3, 0.4) is 0 Å². The predicted octanol–water partition coefficient (Wildman–Crippen LogP) is 0.587. The zero-order valence-corrected chi connectivity index (χ0v) is 13.5. The Balaban J connectivity index is 1.58. The highest BCUT2D eigenvalue weighted by atomic mass is 16.5. The number of nitrogens with two attached hydrogens (primary N) is 1. The zero-order valence-electron chi connectivity index (χ0n) is 13.5. The number of amides is 1. The van der Waals surface area contributed by atoms with Crippen LogP contribution in [0.2, 0.25) is 0 Å². The van der Waals surface area contributed by atoms with Crippen LogP contribution in [-0.4, -0.2) is 55.7 Å². The van der Waals surface area contributed by atoms with Gasteiger partial charge in [0.25, 0.3) is 0 Å². The first-order valence-electron chi connectivity index (χ1n) is 8.24. The Labute approximate surface area is 127 Å². The molecule has 3 unspecified atom stereocenters. The second-order valence-corrected chi connectivity index (χ2v) is 7.73. The van der Waals surface area contributed by atoms with E-state index in [-0.39, 0.29) is 23.3 Å². The van der Waals surface area contributed by atoms with Crippen molar-refractivity contribution in [3.05, 3.63) is 0 Å². The number of nitrogens with zero attached hydrogens (tertiary/aromatic N) is 1. The largest absolute Gasteiger partial charge is 0.377 e. The molecule has 3 atom stereocenters. The quantitative estimate of drug-likeness (QED) is 0.799. The van der Waals surface area contributed by atoms with Gasteiger partial charge in [-0.3, -0.25) is 4.79 Å². The van der Waals surface area contributed by atoms with Crippen LogP contribution in [0.5, 0.6) is 0 Å². The molecular formula is C16H29N3O2. The van der Waals surface area contributed by atoms with E-state index in [2.05, 4.69) is 31.1 Å². The van der Waals surface area contributed by atoms with E-state index in [4.69, 9.17) is 10.5 Å². The minimum atomic E-state index is -0.764. The first-order chi connectivity index (χ1) is 9.87. The van der Waals surface area contributed by atoms with Crippen molar-refractivity contribution in [2.45, 2.75) is 44.8 Å². The van der Waals surface area contributed by atoms with E-state index in [1.165, 1.54) is 0 Å². The van der Waals surface area contributed by atoms with E-state index < -0.39 is 5.54 Å². The lowest BCUT2D eigenvalue weighted by Gasteiger charge is -2.60. The van der Waals surface area contributed by atoms with Gasteiger partial charge >= 0.3 is 0 Å². The van der Waals surface area contributed by atoms with Gasteiger partial charge in [-0.15, -0.1) is 0 Å². The lowest BCUT2D eigenvalue weighted by molar-refractivity contribution is -0.175. The molecule has 120 valence electrons. The van der Waals surface area contributed by atoms with Gasteiger partial charge in [-0.05, 0) is 45.3 Å². The summed E-state index contributed by atoms with van der Waals surface area (Å²) in [5.74, 6) is 0.802. The number of nitrogens with one attached hydrogen (secondary N) is 1. The van der Waals surface area contributed by atoms with E-state index in [0.717, 1.165) is 45.5 Å². The molecule has 3 aliphatic rings. The highest BCUT2D eigenvalue weighted by molar-refractivity contribution is 5.89. The molecule has 3 rings (SSSR count). The number of ether oxygens (including phenoxy) is 1. The van der Waals surface area contributed by atoms with Crippen molar-refractivity contribution in [2.24, 2.45) is 23.0 Å². The van der Waals surface area contributed by atoms with Crippen molar-refractivity contribution >= 4 is 5.91 Å². The Morgan fingerprint density at radius 2 is 2.00 bits per heavy atom. The molecule has 1 amide bonds. The fraction of sp³-hybridized carbons (Fsp3) is 0.938. The molecule has 2 saturated heterocycles. The van der Waals surface area contributed by atoms with E-state index in [9.17, 15) is 4.79 Å². The first-order valence-corrected chi connectivity index (χ1v) is 8.24. The van der Waals surface area contributed by atoms with Gasteiger partial charge in [-0.1, -0.05) is 13.8 Å². The zero-order chi connectivity index (χ0) is 15.3. The normalized spacial score (nSPS) is 39.6. The highest BCUT2D eigenvalue weighted by Crippen LogP contribution is 2.58. The van der Waals surface area contributed by atoms with Gasteiger partial charge in [0.05, 0.1) is 6.10 Å². The molecule has 1 saturated carbocycles. The number of hydrogen-bond acceptors (Lipinski definition) is 4. The van der Waals surface area contributed by atoms with Crippen molar-refractivity contribution < 1.29 is 9.53 Å². The summed E-state index contributed by atoms with van der Waals surface area (Å²) in [6, 6.07) is 0. The number of fused-ring (bicyclic) bond motifs is 1. The second kappa shape index (κ2) is 5.21. The lowest BCUT2D eigenvalue weighted by atomic mass is 9.48. The van der Waals surface area contributed by atoms with Gasteiger partial charge in [-0.2, -0.15) is 0 Å². The Morgan fingerprint density at radius 3 is 2.67 bits per heavy atom. The Hall–Kier alpha value is -0.650.